The number of carboxylic acids is 1. The fourth-order valence-corrected chi connectivity index (χ4v) is 4.03. The van der Waals surface area contributed by atoms with Crippen LogP contribution in [0, 0.1) is 22.7 Å². The smallest absolute Gasteiger partial charge is 0.480 e. The van der Waals surface area contributed by atoms with Crippen molar-refractivity contribution in [3.8, 4) is 11.5 Å². The molecular formula is C31H49NO9. The average molecular weight is 580 g/mol. The molecule has 0 fully saturated rings. The van der Waals surface area contributed by atoms with Crippen molar-refractivity contribution in [3.63, 3.8) is 0 Å². The van der Waals surface area contributed by atoms with Gasteiger partial charge in [-0.3, -0.25) is 14.4 Å². The summed E-state index contributed by atoms with van der Waals surface area (Å²) in [6.07, 6.45) is -0.742. The van der Waals surface area contributed by atoms with Crippen LogP contribution in [0.3, 0.4) is 0 Å². The molecule has 232 valence electrons. The highest BCUT2D eigenvalue weighted by atomic mass is 16.7. The predicted octanol–water partition coefficient (Wildman–Crippen LogP) is 6.09. The first-order valence-corrected chi connectivity index (χ1v) is 14.1. The molecule has 0 aliphatic carbocycles. The van der Waals surface area contributed by atoms with Gasteiger partial charge >= 0.3 is 24.1 Å². The molecule has 41 heavy (non-hydrogen) atoms. The molecule has 0 spiro atoms. The highest BCUT2D eigenvalue weighted by Crippen LogP contribution is 2.38. The van der Waals surface area contributed by atoms with Gasteiger partial charge in [-0.05, 0) is 47.8 Å². The fourth-order valence-electron chi connectivity index (χ4n) is 4.03. The first kappa shape index (κ1) is 35.9. The third kappa shape index (κ3) is 13.4. The summed E-state index contributed by atoms with van der Waals surface area (Å²) in [6.45, 7) is 18.9. The van der Waals surface area contributed by atoms with Crippen LogP contribution in [0.2, 0.25) is 0 Å². The Morgan fingerprint density at radius 2 is 1.37 bits per heavy atom. The summed E-state index contributed by atoms with van der Waals surface area (Å²) in [4.78, 5) is 49.6. The van der Waals surface area contributed by atoms with E-state index in [1.165, 1.54) is 12.1 Å². The molecule has 3 unspecified atom stereocenters. The molecule has 0 radical (unpaired) electrons. The largest absolute Gasteiger partial charge is 0.508 e. The van der Waals surface area contributed by atoms with E-state index in [0.29, 0.717) is 17.9 Å². The Bertz CT molecular complexity index is 1050. The molecular weight excluding hydrogens is 530 g/mol. The number of esters is 2. The lowest BCUT2D eigenvalue weighted by Gasteiger charge is -2.31. The SMILES string of the molecule is CC(C)CCOC(=O)OC(C)C(C)C(c1ccc(OC(=O)CC(C)(C)C)c(OC(=O)CC(C)(C)C)c1)[C@H](N)C(=O)O. The molecule has 10 heteroatoms. The molecule has 3 N–H and O–H groups in total. The van der Waals surface area contributed by atoms with E-state index in [-0.39, 0.29) is 41.8 Å². The molecule has 0 aliphatic rings. The van der Waals surface area contributed by atoms with Gasteiger partial charge in [0.15, 0.2) is 11.5 Å². The Labute approximate surface area is 244 Å². The van der Waals surface area contributed by atoms with Gasteiger partial charge in [0, 0.05) is 11.8 Å². The number of nitrogens with two attached hydrogens (primary N) is 1. The van der Waals surface area contributed by atoms with Gasteiger partial charge in [-0.1, -0.05) is 68.4 Å². The normalized spacial score (nSPS) is 14.9. The summed E-state index contributed by atoms with van der Waals surface area (Å²) in [5.41, 5.74) is 5.85. The summed E-state index contributed by atoms with van der Waals surface area (Å²) in [6, 6.07) is 3.09. The van der Waals surface area contributed by atoms with E-state index < -0.39 is 48.0 Å². The van der Waals surface area contributed by atoms with Crippen LogP contribution in [0.25, 0.3) is 0 Å². The zero-order chi connectivity index (χ0) is 31.7. The van der Waals surface area contributed by atoms with Crippen molar-refractivity contribution in [3.05, 3.63) is 23.8 Å². The summed E-state index contributed by atoms with van der Waals surface area (Å²) < 4.78 is 21.8. The van der Waals surface area contributed by atoms with Crippen molar-refractivity contribution < 1.29 is 43.2 Å². The van der Waals surface area contributed by atoms with Gasteiger partial charge in [0.25, 0.3) is 0 Å². The van der Waals surface area contributed by atoms with Gasteiger partial charge in [-0.2, -0.15) is 0 Å². The fraction of sp³-hybridized carbons (Fsp3) is 0.677. The van der Waals surface area contributed by atoms with E-state index in [0.717, 1.165) is 0 Å². The van der Waals surface area contributed by atoms with Gasteiger partial charge in [-0.15, -0.1) is 0 Å². The van der Waals surface area contributed by atoms with Gasteiger partial charge in [0.1, 0.15) is 12.1 Å². The number of aliphatic carboxylic acids is 1. The van der Waals surface area contributed by atoms with Crippen LogP contribution in [0.4, 0.5) is 4.79 Å². The number of hydrogen-bond acceptors (Lipinski definition) is 9. The van der Waals surface area contributed by atoms with Crippen molar-refractivity contribution in [2.75, 3.05) is 6.61 Å². The maximum absolute atomic E-state index is 12.8. The zero-order valence-corrected chi connectivity index (χ0v) is 26.2. The average Bonchev–Trinajstić information content (AvgIpc) is 2.77. The monoisotopic (exact) mass is 579 g/mol. The van der Waals surface area contributed by atoms with E-state index in [9.17, 15) is 24.3 Å². The molecule has 0 amide bonds. The Balaban J connectivity index is 3.41. The number of rotatable bonds is 13. The van der Waals surface area contributed by atoms with E-state index in [1.54, 1.807) is 19.9 Å². The molecule has 0 saturated carbocycles. The lowest BCUT2D eigenvalue weighted by atomic mass is 9.79. The highest BCUT2D eigenvalue weighted by Gasteiger charge is 2.36. The van der Waals surface area contributed by atoms with Crippen LogP contribution in [-0.4, -0.2) is 47.9 Å². The number of ether oxygens (including phenoxy) is 4. The third-order valence-electron chi connectivity index (χ3n) is 6.33. The van der Waals surface area contributed by atoms with E-state index in [1.807, 2.05) is 55.4 Å². The zero-order valence-electron chi connectivity index (χ0n) is 26.2. The van der Waals surface area contributed by atoms with Gasteiger partial charge in [0.2, 0.25) is 0 Å². The minimum Gasteiger partial charge on any atom is -0.480 e. The summed E-state index contributed by atoms with van der Waals surface area (Å²) in [5.74, 6) is -3.44. The van der Waals surface area contributed by atoms with Crippen molar-refractivity contribution >= 4 is 24.1 Å². The lowest BCUT2D eigenvalue weighted by molar-refractivity contribution is -0.140. The maximum Gasteiger partial charge on any atom is 0.508 e. The number of carbonyl (C=O) groups is 4. The number of benzene rings is 1. The number of hydrogen-bond donors (Lipinski definition) is 2. The molecule has 0 aliphatic heterocycles. The Hall–Kier alpha value is -3.14. The molecule has 0 heterocycles. The number of carbonyl (C=O) groups excluding carboxylic acids is 3. The van der Waals surface area contributed by atoms with Gasteiger partial charge in [0.05, 0.1) is 19.4 Å². The summed E-state index contributed by atoms with van der Waals surface area (Å²) in [5, 5.41) is 9.81. The maximum atomic E-state index is 12.8. The first-order valence-electron chi connectivity index (χ1n) is 14.1. The molecule has 10 nitrogen and oxygen atoms in total. The molecule has 0 bridgehead atoms. The molecule has 4 atom stereocenters. The van der Waals surface area contributed by atoms with E-state index >= 15 is 0 Å². The quantitative estimate of drug-likeness (QED) is 0.207. The van der Waals surface area contributed by atoms with Gasteiger partial charge < -0.3 is 29.8 Å². The topological polar surface area (TPSA) is 151 Å². The van der Waals surface area contributed by atoms with Crippen molar-refractivity contribution in [2.24, 2.45) is 28.4 Å². The van der Waals surface area contributed by atoms with Crippen molar-refractivity contribution in [2.45, 2.75) is 107 Å². The van der Waals surface area contributed by atoms with Crippen LogP contribution in [-0.2, 0) is 23.9 Å². The van der Waals surface area contributed by atoms with E-state index in [4.69, 9.17) is 24.7 Å². The van der Waals surface area contributed by atoms with Crippen LogP contribution in [0.15, 0.2) is 18.2 Å². The van der Waals surface area contributed by atoms with Gasteiger partial charge in [-0.25, -0.2) is 4.79 Å². The minimum absolute atomic E-state index is 0.0265. The third-order valence-corrected chi connectivity index (χ3v) is 6.33. The molecule has 1 aromatic carbocycles. The van der Waals surface area contributed by atoms with Crippen molar-refractivity contribution in [1.29, 1.82) is 0 Å². The Morgan fingerprint density at radius 1 is 0.854 bits per heavy atom. The second-order valence-corrected chi connectivity index (χ2v) is 13.5. The standard InChI is InChI=1S/C31H49NO9/c1-18(2)13-14-38-29(37)39-20(4)19(3)26(27(32)28(35)36)21-11-12-22(40-24(33)16-30(5,6)7)23(15-21)41-25(34)17-31(8,9)10/h11-12,15,18-20,26-27H,13-14,16-17,32H2,1-10H3,(H,35,36)/t19?,20?,26?,27-/m0/s1. The lowest BCUT2D eigenvalue weighted by Crippen LogP contribution is -2.42. The number of carboxylic acid groups (broad SMARTS) is 1. The molecule has 1 aromatic rings. The van der Waals surface area contributed by atoms with Crippen LogP contribution >= 0.6 is 0 Å². The predicted molar refractivity (Wildman–Crippen MR) is 155 cm³/mol. The molecule has 0 saturated heterocycles. The molecule has 0 aromatic heterocycles. The second-order valence-electron chi connectivity index (χ2n) is 13.5. The second kappa shape index (κ2) is 15.2. The van der Waals surface area contributed by atoms with E-state index in [2.05, 4.69) is 0 Å². The minimum atomic E-state index is -1.39. The Kier molecular flexibility index (Phi) is 13.3. The van der Waals surface area contributed by atoms with Crippen LogP contribution < -0.4 is 15.2 Å². The van der Waals surface area contributed by atoms with Crippen LogP contribution in [0.1, 0.15) is 100.0 Å². The summed E-state index contributed by atoms with van der Waals surface area (Å²) >= 11 is 0. The Morgan fingerprint density at radius 3 is 1.83 bits per heavy atom. The summed E-state index contributed by atoms with van der Waals surface area (Å²) in [7, 11) is 0. The first-order chi connectivity index (χ1) is 18.7. The molecule has 1 rings (SSSR count). The highest BCUT2D eigenvalue weighted by molar-refractivity contribution is 5.78. The van der Waals surface area contributed by atoms with Crippen LogP contribution in [0.5, 0.6) is 11.5 Å². The van der Waals surface area contributed by atoms with Crippen molar-refractivity contribution in [1.82, 2.24) is 0 Å².